The predicted octanol–water partition coefficient (Wildman–Crippen LogP) is 2.82. The van der Waals surface area contributed by atoms with Crippen LogP contribution < -0.4 is 5.32 Å². The van der Waals surface area contributed by atoms with Gasteiger partial charge in [0, 0.05) is 19.0 Å². The summed E-state index contributed by atoms with van der Waals surface area (Å²) in [4.78, 5) is 59.4. The number of hydrogen-bond donors (Lipinski definition) is 2. The monoisotopic (exact) mass is 605 g/mol. The predicted molar refractivity (Wildman–Crippen MR) is 161 cm³/mol. The number of likely N-dealkylation sites (tertiary alicyclic amines) is 1. The third-order valence-corrected chi connectivity index (χ3v) is 10.1. The maximum Gasteiger partial charge on any atom is 0.313 e. The molecule has 10 nitrogen and oxygen atoms in total. The number of fused-ring (bicyclic) bond motifs is 2. The van der Waals surface area contributed by atoms with Crippen LogP contribution in [0.25, 0.3) is 0 Å². The quantitative estimate of drug-likeness (QED) is 0.391. The van der Waals surface area contributed by atoms with Crippen molar-refractivity contribution in [3.05, 3.63) is 60.2 Å². The molecule has 10 heteroatoms. The number of amides is 3. The molecule has 1 aromatic carbocycles. The molecule has 236 valence electrons. The van der Waals surface area contributed by atoms with Crippen molar-refractivity contribution in [2.24, 2.45) is 11.8 Å². The van der Waals surface area contributed by atoms with Crippen molar-refractivity contribution in [3.63, 3.8) is 0 Å². The molecule has 5 aliphatic rings. The number of carbonyl (C=O) groups excluding carboxylic acids is 4. The molecular weight excluding hydrogens is 562 g/mol. The number of aliphatic hydroxyl groups is 1. The summed E-state index contributed by atoms with van der Waals surface area (Å²) in [7, 11) is 0. The molecule has 1 aliphatic carbocycles. The standard InChI is InChI=1S/C34H43N3O7/c1-2-23(21-38)37-30-32(41)36(24-14-8-4-9-15-24)19-11-5-10-16-27(39)35-20-26(22-12-6-3-7-13-22)43-33(42)28-25-17-18-34(30,44-25)29(28)31(37)40/h3,5-7,11-13,17-18,23-26,28-30,38H,2,4,8-10,14-16,19-21H2,1H3,(H,35,39)/b11-5-/t23-,25+,26+,28-,29-,30+,34-/m0/s1. The summed E-state index contributed by atoms with van der Waals surface area (Å²) >= 11 is 0. The van der Waals surface area contributed by atoms with Gasteiger partial charge in [0.1, 0.15) is 23.7 Å². The van der Waals surface area contributed by atoms with Crippen LogP contribution in [0.2, 0.25) is 0 Å². The highest BCUT2D eigenvalue weighted by Crippen LogP contribution is 2.56. The first kappa shape index (κ1) is 30.5. The largest absolute Gasteiger partial charge is 0.455 e. The van der Waals surface area contributed by atoms with Gasteiger partial charge >= 0.3 is 5.97 Å². The van der Waals surface area contributed by atoms with Crippen molar-refractivity contribution in [1.29, 1.82) is 0 Å². The fraction of sp³-hybridized carbons (Fsp3) is 0.588. The Morgan fingerprint density at radius 1 is 1.05 bits per heavy atom. The molecule has 2 N–H and O–H groups in total. The Bertz CT molecular complexity index is 1300. The third-order valence-electron chi connectivity index (χ3n) is 10.1. The van der Waals surface area contributed by atoms with E-state index in [0.717, 1.165) is 37.7 Å². The van der Waals surface area contributed by atoms with Crippen LogP contribution in [0.1, 0.15) is 70.0 Å². The lowest BCUT2D eigenvalue weighted by Crippen LogP contribution is -2.60. The third kappa shape index (κ3) is 5.36. The van der Waals surface area contributed by atoms with Gasteiger partial charge in [-0.15, -0.1) is 0 Å². The van der Waals surface area contributed by atoms with Gasteiger partial charge < -0.3 is 29.7 Å². The summed E-state index contributed by atoms with van der Waals surface area (Å²) in [5.74, 6) is -3.31. The van der Waals surface area contributed by atoms with Crippen molar-refractivity contribution in [1.82, 2.24) is 15.1 Å². The second kappa shape index (κ2) is 12.9. The van der Waals surface area contributed by atoms with Gasteiger partial charge in [-0.05, 0) is 31.2 Å². The van der Waals surface area contributed by atoms with E-state index in [4.69, 9.17) is 9.47 Å². The van der Waals surface area contributed by atoms with Crippen LogP contribution in [0, 0.1) is 11.8 Å². The second-order valence-corrected chi connectivity index (χ2v) is 12.6. The van der Waals surface area contributed by atoms with Gasteiger partial charge in [-0.3, -0.25) is 19.2 Å². The zero-order valence-electron chi connectivity index (χ0n) is 25.3. The molecule has 0 unspecified atom stereocenters. The lowest BCUT2D eigenvalue weighted by atomic mass is 9.74. The number of aliphatic hydroxyl groups excluding tert-OH is 1. The molecule has 1 saturated carbocycles. The summed E-state index contributed by atoms with van der Waals surface area (Å²) in [6.45, 7) is 1.99. The number of rotatable bonds is 5. The lowest BCUT2D eigenvalue weighted by molar-refractivity contribution is -0.160. The van der Waals surface area contributed by atoms with Crippen LogP contribution in [0.4, 0.5) is 0 Å². The van der Waals surface area contributed by atoms with Crippen molar-refractivity contribution in [3.8, 4) is 0 Å². The number of nitrogens with one attached hydrogen (secondary N) is 1. The molecule has 4 heterocycles. The Kier molecular flexibility index (Phi) is 8.91. The Hall–Kier alpha value is -3.50. The maximum atomic E-state index is 14.8. The van der Waals surface area contributed by atoms with Gasteiger partial charge in [0.2, 0.25) is 17.7 Å². The molecule has 3 fully saturated rings. The van der Waals surface area contributed by atoms with E-state index in [1.54, 1.807) is 12.2 Å². The number of allylic oxidation sites excluding steroid dienone is 1. The molecule has 3 amide bonds. The number of benzene rings is 1. The number of cyclic esters (lactones) is 1. The van der Waals surface area contributed by atoms with E-state index < -0.39 is 47.7 Å². The topological polar surface area (TPSA) is 125 Å². The molecule has 4 aliphatic heterocycles. The van der Waals surface area contributed by atoms with Gasteiger partial charge in [0.15, 0.2) is 0 Å². The Balaban J connectivity index is 1.42. The van der Waals surface area contributed by atoms with Crippen LogP contribution in [0.5, 0.6) is 0 Å². The van der Waals surface area contributed by atoms with Crippen LogP contribution in [0.3, 0.4) is 0 Å². The lowest BCUT2D eigenvalue weighted by Gasteiger charge is -2.41. The molecule has 6 rings (SSSR count). The summed E-state index contributed by atoms with van der Waals surface area (Å²) in [6.07, 6.45) is 12.0. The minimum Gasteiger partial charge on any atom is -0.455 e. The van der Waals surface area contributed by atoms with Crippen molar-refractivity contribution >= 4 is 23.7 Å². The molecule has 1 spiro atoms. The van der Waals surface area contributed by atoms with E-state index in [0.29, 0.717) is 19.4 Å². The first-order chi connectivity index (χ1) is 21.4. The number of ether oxygens (including phenoxy) is 2. The SMILES string of the molecule is CC[C@@H](CO)N1C(=O)[C@@H]2[C@H]3C(=O)O[C@@H](c4ccccc4)CNC(=O)CC/C=C\CN(C4CCCCC4)C(=O)[C@@H]1[C@]21C=C[C@H]3O1. The zero-order chi connectivity index (χ0) is 30.8. The van der Waals surface area contributed by atoms with E-state index in [1.807, 2.05) is 54.3 Å². The Morgan fingerprint density at radius 2 is 1.82 bits per heavy atom. The average Bonchev–Trinajstić information content (AvgIpc) is 3.69. The van der Waals surface area contributed by atoms with E-state index in [1.165, 1.54) is 4.90 Å². The average molecular weight is 606 g/mol. The van der Waals surface area contributed by atoms with Crippen LogP contribution >= 0.6 is 0 Å². The molecule has 0 aromatic heterocycles. The fourth-order valence-corrected chi connectivity index (χ4v) is 7.86. The van der Waals surface area contributed by atoms with E-state index >= 15 is 0 Å². The summed E-state index contributed by atoms with van der Waals surface area (Å²) in [5, 5.41) is 13.3. The van der Waals surface area contributed by atoms with Crippen LogP contribution in [-0.4, -0.2) is 88.1 Å². The smallest absolute Gasteiger partial charge is 0.313 e. The first-order valence-electron chi connectivity index (χ1n) is 16.2. The minimum absolute atomic E-state index is 0.00265. The number of esters is 1. The highest BCUT2D eigenvalue weighted by Gasteiger charge is 2.74. The molecule has 1 aromatic rings. The van der Waals surface area contributed by atoms with Crippen molar-refractivity contribution in [2.75, 3.05) is 19.7 Å². The molecule has 2 saturated heterocycles. The van der Waals surface area contributed by atoms with Crippen LogP contribution in [0.15, 0.2) is 54.6 Å². The van der Waals surface area contributed by atoms with Gasteiger partial charge in [-0.1, -0.05) is 80.8 Å². The zero-order valence-corrected chi connectivity index (χ0v) is 25.3. The number of hydrogen-bond acceptors (Lipinski definition) is 7. The Labute approximate surface area is 258 Å². The van der Waals surface area contributed by atoms with E-state index in [-0.39, 0.29) is 43.3 Å². The molecule has 0 radical (unpaired) electrons. The minimum atomic E-state index is -1.34. The highest BCUT2D eigenvalue weighted by atomic mass is 16.6. The summed E-state index contributed by atoms with van der Waals surface area (Å²) in [6, 6.07) is 7.57. The van der Waals surface area contributed by atoms with Gasteiger partial charge in [0.25, 0.3) is 0 Å². The van der Waals surface area contributed by atoms with Gasteiger partial charge in [0.05, 0.1) is 31.2 Å². The van der Waals surface area contributed by atoms with Gasteiger partial charge in [-0.25, -0.2) is 0 Å². The summed E-state index contributed by atoms with van der Waals surface area (Å²) in [5.41, 5.74) is -0.623. The first-order valence-corrected chi connectivity index (χ1v) is 16.2. The second-order valence-electron chi connectivity index (χ2n) is 12.6. The molecule has 7 atom stereocenters. The number of nitrogens with zero attached hydrogens (tertiary/aromatic N) is 2. The van der Waals surface area contributed by atoms with Crippen molar-refractivity contribution < 1.29 is 33.8 Å². The Morgan fingerprint density at radius 3 is 2.55 bits per heavy atom. The van der Waals surface area contributed by atoms with E-state index in [9.17, 15) is 24.3 Å². The normalized spacial score (nSPS) is 34.5. The van der Waals surface area contributed by atoms with Crippen LogP contribution in [-0.2, 0) is 28.7 Å². The fourth-order valence-electron chi connectivity index (χ4n) is 7.86. The molecule has 44 heavy (non-hydrogen) atoms. The molecule has 5 bridgehead atoms. The summed E-state index contributed by atoms with van der Waals surface area (Å²) < 4.78 is 12.6. The molecular formula is C34H43N3O7. The number of carbonyl (C=O) groups is 4. The highest BCUT2D eigenvalue weighted by molar-refractivity contribution is 5.99. The van der Waals surface area contributed by atoms with E-state index in [2.05, 4.69) is 5.32 Å². The maximum absolute atomic E-state index is 14.8. The van der Waals surface area contributed by atoms with Gasteiger partial charge in [-0.2, -0.15) is 0 Å². The van der Waals surface area contributed by atoms with Crippen molar-refractivity contribution in [2.45, 2.75) is 94.2 Å².